The Morgan fingerprint density at radius 3 is 3.08 bits per heavy atom. The van der Waals surface area contributed by atoms with Crippen molar-refractivity contribution >= 4 is 27.0 Å². The van der Waals surface area contributed by atoms with Crippen LogP contribution in [0.5, 0.6) is 0 Å². The SMILES string of the molecule is CCn1cnc2cc(Br)nc(F)c21. The van der Waals surface area contributed by atoms with Crippen LogP contribution < -0.4 is 0 Å². The minimum atomic E-state index is -0.483. The number of nitrogens with zero attached hydrogens (tertiary/aromatic N) is 3. The van der Waals surface area contributed by atoms with Gasteiger partial charge < -0.3 is 4.57 Å². The summed E-state index contributed by atoms with van der Waals surface area (Å²) in [5.41, 5.74) is 1.09. The second-order valence-corrected chi connectivity index (χ2v) is 3.45. The summed E-state index contributed by atoms with van der Waals surface area (Å²) in [5, 5.41) is 0. The predicted molar refractivity (Wildman–Crippen MR) is 50.9 cm³/mol. The Balaban J connectivity index is 2.82. The molecule has 0 aromatic carbocycles. The molecule has 2 aromatic rings. The van der Waals surface area contributed by atoms with Gasteiger partial charge in [0.1, 0.15) is 10.1 Å². The fourth-order valence-electron chi connectivity index (χ4n) is 1.26. The van der Waals surface area contributed by atoms with Crippen LogP contribution in [0.25, 0.3) is 11.0 Å². The Labute approximate surface area is 82.7 Å². The number of pyridine rings is 1. The molecule has 0 unspecified atom stereocenters. The highest BCUT2D eigenvalue weighted by atomic mass is 79.9. The lowest BCUT2D eigenvalue weighted by atomic mass is 10.4. The van der Waals surface area contributed by atoms with Gasteiger partial charge in [0.2, 0.25) is 5.95 Å². The zero-order valence-corrected chi connectivity index (χ0v) is 8.55. The van der Waals surface area contributed by atoms with Gasteiger partial charge in [-0.25, -0.2) is 9.97 Å². The summed E-state index contributed by atoms with van der Waals surface area (Å²) in [6.07, 6.45) is 1.61. The molecule has 0 N–H and O–H groups in total. The lowest BCUT2D eigenvalue weighted by Crippen LogP contribution is -1.95. The minimum Gasteiger partial charge on any atom is -0.327 e. The van der Waals surface area contributed by atoms with E-state index in [1.165, 1.54) is 0 Å². The van der Waals surface area contributed by atoms with Crippen molar-refractivity contribution in [3.63, 3.8) is 0 Å². The predicted octanol–water partition coefficient (Wildman–Crippen LogP) is 2.35. The third-order valence-electron chi connectivity index (χ3n) is 1.86. The molecule has 0 spiro atoms. The van der Waals surface area contributed by atoms with E-state index in [1.807, 2.05) is 6.92 Å². The van der Waals surface area contributed by atoms with E-state index in [0.717, 1.165) is 0 Å². The number of imidazole rings is 1. The Morgan fingerprint density at radius 1 is 1.62 bits per heavy atom. The third kappa shape index (κ3) is 1.33. The highest BCUT2D eigenvalue weighted by Crippen LogP contribution is 2.19. The second kappa shape index (κ2) is 3.06. The monoisotopic (exact) mass is 243 g/mol. The molecule has 2 aromatic heterocycles. The van der Waals surface area contributed by atoms with Crippen molar-refractivity contribution in [2.75, 3.05) is 0 Å². The third-order valence-corrected chi connectivity index (χ3v) is 2.27. The van der Waals surface area contributed by atoms with Crippen LogP contribution in [0.3, 0.4) is 0 Å². The maximum absolute atomic E-state index is 13.3. The van der Waals surface area contributed by atoms with E-state index in [1.54, 1.807) is 17.0 Å². The molecule has 2 heterocycles. The lowest BCUT2D eigenvalue weighted by molar-refractivity contribution is 0.583. The van der Waals surface area contributed by atoms with Crippen molar-refractivity contribution in [2.24, 2.45) is 0 Å². The average molecular weight is 244 g/mol. The first-order valence-corrected chi connectivity index (χ1v) is 4.68. The number of fused-ring (bicyclic) bond motifs is 1. The van der Waals surface area contributed by atoms with Crippen LogP contribution in [-0.4, -0.2) is 14.5 Å². The van der Waals surface area contributed by atoms with E-state index >= 15 is 0 Å². The molecule has 68 valence electrons. The summed E-state index contributed by atoms with van der Waals surface area (Å²) in [7, 11) is 0. The number of hydrogen-bond acceptors (Lipinski definition) is 2. The van der Waals surface area contributed by atoms with Crippen LogP contribution in [-0.2, 0) is 6.54 Å². The van der Waals surface area contributed by atoms with Gasteiger partial charge in [0.25, 0.3) is 0 Å². The second-order valence-electron chi connectivity index (χ2n) is 2.63. The first-order valence-electron chi connectivity index (χ1n) is 3.89. The number of rotatable bonds is 1. The summed E-state index contributed by atoms with van der Waals surface area (Å²) in [5.74, 6) is -0.483. The maximum atomic E-state index is 13.3. The Kier molecular flexibility index (Phi) is 2.03. The first-order chi connectivity index (χ1) is 6.22. The molecular weight excluding hydrogens is 237 g/mol. The number of halogens is 2. The van der Waals surface area contributed by atoms with E-state index in [9.17, 15) is 4.39 Å². The molecule has 0 aliphatic rings. The van der Waals surface area contributed by atoms with Crippen LogP contribution in [0.4, 0.5) is 4.39 Å². The fourth-order valence-corrected chi connectivity index (χ4v) is 1.63. The van der Waals surface area contributed by atoms with Gasteiger partial charge in [-0.15, -0.1) is 0 Å². The van der Waals surface area contributed by atoms with Crippen molar-refractivity contribution in [3.05, 3.63) is 22.9 Å². The Morgan fingerprint density at radius 2 is 2.38 bits per heavy atom. The largest absolute Gasteiger partial charge is 0.327 e. The van der Waals surface area contributed by atoms with Crippen molar-refractivity contribution < 1.29 is 4.39 Å². The zero-order valence-electron chi connectivity index (χ0n) is 6.96. The van der Waals surface area contributed by atoms with Crippen LogP contribution in [0.2, 0.25) is 0 Å². The maximum Gasteiger partial charge on any atom is 0.240 e. The molecule has 3 nitrogen and oxygen atoms in total. The quantitative estimate of drug-likeness (QED) is 0.721. The molecule has 2 rings (SSSR count). The van der Waals surface area contributed by atoms with Gasteiger partial charge in [-0.1, -0.05) is 0 Å². The topological polar surface area (TPSA) is 30.7 Å². The first kappa shape index (κ1) is 8.62. The van der Waals surface area contributed by atoms with Gasteiger partial charge in [0.15, 0.2) is 0 Å². The average Bonchev–Trinajstić information content (AvgIpc) is 2.47. The summed E-state index contributed by atoms with van der Waals surface area (Å²) in [6, 6.07) is 1.70. The van der Waals surface area contributed by atoms with Crippen molar-refractivity contribution in [1.29, 1.82) is 0 Å². The Hall–Kier alpha value is -0.970. The normalized spacial score (nSPS) is 11.0. The number of aromatic nitrogens is 3. The zero-order chi connectivity index (χ0) is 9.42. The van der Waals surface area contributed by atoms with E-state index in [0.29, 0.717) is 22.2 Å². The summed E-state index contributed by atoms with van der Waals surface area (Å²) in [6.45, 7) is 2.62. The molecule has 0 saturated carbocycles. The summed E-state index contributed by atoms with van der Waals surface area (Å²) < 4.78 is 15.5. The fraction of sp³-hybridized carbons (Fsp3) is 0.250. The van der Waals surface area contributed by atoms with Gasteiger partial charge in [0, 0.05) is 6.54 Å². The highest BCUT2D eigenvalue weighted by Gasteiger charge is 2.09. The van der Waals surface area contributed by atoms with Gasteiger partial charge >= 0.3 is 0 Å². The van der Waals surface area contributed by atoms with Gasteiger partial charge in [0.05, 0.1) is 11.8 Å². The summed E-state index contributed by atoms with van der Waals surface area (Å²) >= 11 is 3.11. The van der Waals surface area contributed by atoms with E-state index in [4.69, 9.17) is 0 Å². The van der Waals surface area contributed by atoms with Gasteiger partial charge in [-0.3, -0.25) is 0 Å². The molecule has 0 atom stereocenters. The lowest BCUT2D eigenvalue weighted by Gasteiger charge is -1.99. The molecule has 0 saturated heterocycles. The number of aryl methyl sites for hydroxylation is 1. The molecule has 0 fully saturated rings. The molecule has 0 bridgehead atoms. The minimum absolute atomic E-state index is 0.464. The van der Waals surface area contributed by atoms with E-state index < -0.39 is 5.95 Å². The molecule has 0 aliphatic carbocycles. The van der Waals surface area contributed by atoms with Crippen LogP contribution in [0, 0.1) is 5.95 Å². The molecule has 5 heteroatoms. The van der Waals surface area contributed by atoms with Gasteiger partial charge in [-0.05, 0) is 28.9 Å². The smallest absolute Gasteiger partial charge is 0.240 e. The Bertz CT molecular complexity index is 452. The van der Waals surface area contributed by atoms with Gasteiger partial charge in [-0.2, -0.15) is 4.39 Å². The van der Waals surface area contributed by atoms with Crippen molar-refractivity contribution in [1.82, 2.24) is 14.5 Å². The molecule has 0 amide bonds. The van der Waals surface area contributed by atoms with Crippen LogP contribution in [0.15, 0.2) is 17.0 Å². The van der Waals surface area contributed by atoms with Crippen LogP contribution in [0.1, 0.15) is 6.92 Å². The standard InChI is InChI=1S/C8H7BrFN3/c1-2-13-4-11-5-3-6(9)12-8(10)7(5)13/h3-4H,2H2,1H3. The van der Waals surface area contributed by atoms with Crippen molar-refractivity contribution in [3.8, 4) is 0 Å². The van der Waals surface area contributed by atoms with Crippen molar-refractivity contribution in [2.45, 2.75) is 13.5 Å². The summed E-state index contributed by atoms with van der Waals surface area (Å²) in [4.78, 5) is 7.74. The van der Waals surface area contributed by atoms with E-state index in [2.05, 4.69) is 25.9 Å². The molecule has 13 heavy (non-hydrogen) atoms. The van der Waals surface area contributed by atoms with Crippen LogP contribution >= 0.6 is 15.9 Å². The van der Waals surface area contributed by atoms with E-state index in [-0.39, 0.29) is 0 Å². The highest BCUT2D eigenvalue weighted by molar-refractivity contribution is 9.10. The molecule has 0 radical (unpaired) electrons. The molecular formula is C8H7BrFN3. The number of hydrogen-bond donors (Lipinski definition) is 0. The molecule has 0 aliphatic heterocycles.